The molecule has 0 aliphatic carbocycles. The van der Waals surface area contributed by atoms with Crippen LogP contribution >= 0.6 is 0 Å². The summed E-state index contributed by atoms with van der Waals surface area (Å²) < 4.78 is 9.67. The smallest absolute Gasteiger partial charge is 0.459 e. The van der Waals surface area contributed by atoms with Crippen LogP contribution in [0.15, 0.2) is 53.1 Å². The zero-order valence-corrected chi connectivity index (χ0v) is 8.87. The Bertz CT molecular complexity index is 471. The van der Waals surface area contributed by atoms with Crippen LogP contribution in [0.5, 0.6) is 0 Å². The van der Waals surface area contributed by atoms with Gasteiger partial charge in [0.25, 0.3) is 0 Å². The lowest BCUT2D eigenvalue weighted by molar-refractivity contribution is 0.0692. The van der Waals surface area contributed by atoms with Crippen LogP contribution in [0.4, 0.5) is 0 Å². The standard InChI is InChI=1S/C11H10BNO4/c14-11(10-7-4-8-16-10)13-17-12(15)9-5-2-1-3-6-9/h1-8,15H,(H,13,14). The van der Waals surface area contributed by atoms with Gasteiger partial charge in [-0.1, -0.05) is 30.3 Å². The Kier molecular flexibility index (Phi) is 3.59. The fraction of sp³-hybridized carbons (Fsp3) is 0. The van der Waals surface area contributed by atoms with Crippen LogP contribution in [-0.2, 0) is 4.76 Å². The number of carbonyl (C=O) groups is 1. The Morgan fingerprint density at radius 2 is 2.00 bits per heavy atom. The molecule has 0 aliphatic rings. The summed E-state index contributed by atoms with van der Waals surface area (Å²) >= 11 is 0. The van der Waals surface area contributed by atoms with Crippen molar-refractivity contribution in [2.24, 2.45) is 0 Å². The average Bonchev–Trinajstić information content (AvgIpc) is 2.90. The predicted molar refractivity (Wildman–Crippen MR) is 61.3 cm³/mol. The van der Waals surface area contributed by atoms with Gasteiger partial charge in [-0.2, -0.15) is 0 Å². The number of hydrogen-bond acceptors (Lipinski definition) is 4. The monoisotopic (exact) mass is 231 g/mol. The Morgan fingerprint density at radius 1 is 1.24 bits per heavy atom. The first-order chi connectivity index (χ1) is 8.27. The third-order valence-electron chi connectivity index (χ3n) is 2.09. The van der Waals surface area contributed by atoms with Gasteiger partial charge in [0.15, 0.2) is 5.76 Å². The van der Waals surface area contributed by atoms with Gasteiger partial charge in [-0.3, -0.25) is 9.55 Å². The molecule has 0 unspecified atom stereocenters. The van der Waals surface area contributed by atoms with Gasteiger partial charge in [-0.05, 0) is 17.6 Å². The van der Waals surface area contributed by atoms with Gasteiger partial charge in [0, 0.05) is 0 Å². The van der Waals surface area contributed by atoms with Gasteiger partial charge in [-0.15, -0.1) is 0 Å². The van der Waals surface area contributed by atoms with Gasteiger partial charge in [0.05, 0.1) is 6.26 Å². The van der Waals surface area contributed by atoms with Crippen molar-refractivity contribution in [3.05, 3.63) is 54.5 Å². The summed E-state index contributed by atoms with van der Waals surface area (Å²) in [5.41, 5.74) is 2.65. The fourth-order valence-corrected chi connectivity index (χ4v) is 1.25. The zero-order chi connectivity index (χ0) is 12.1. The molecule has 0 aliphatic heterocycles. The predicted octanol–water partition coefficient (Wildman–Crippen LogP) is 0.329. The molecule has 1 amide bonds. The second kappa shape index (κ2) is 5.33. The highest BCUT2D eigenvalue weighted by atomic mass is 16.7. The van der Waals surface area contributed by atoms with E-state index < -0.39 is 13.0 Å². The number of benzene rings is 1. The van der Waals surface area contributed by atoms with Crippen molar-refractivity contribution in [2.45, 2.75) is 0 Å². The molecule has 0 saturated heterocycles. The van der Waals surface area contributed by atoms with Crippen molar-refractivity contribution < 1.29 is 19.0 Å². The molecule has 0 fully saturated rings. The molecule has 2 aromatic rings. The maximum atomic E-state index is 11.4. The van der Waals surface area contributed by atoms with Crippen LogP contribution in [0.2, 0.25) is 0 Å². The maximum absolute atomic E-state index is 11.4. The van der Waals surface area contributed by atoms with Crippen molar-refractivity contribution in [3.8, 4) is 0 Å². The normalized spacial score (nSPS) is 9.94. The maximum Gasteiger partial charge on any atom is 0.514 e. The van der Waals surface area contributed by atoms with Crippen LogP contribution < -0.4 is 10.9 Å². The molecule has 1 heterocycles. The topological polar surface area (TPSA) is 71.7 Å². The first kappa shape index (κ1) is 11.4. The molecular formula is C11H10BNO4. The summed E-state index contributed by atoms with van der Waals surface area (Å²) in [4.78, 5) is 11.4. The Labute approximate surface area is 98.1 Å². The number of hydrogen-bond donors (Lipinski definition) is 2. The molecule has 0 saturated carbocycles. The minimum Gasteiger partial charge on any atom is -0.459 e. The fourth-order valence-electron chi connectivity index (χ4n) is 1.25. The lowest BCUT2D eigenvalue weighted by atomic mass is 9.80. The van der Waals surface area contributed by atoms with E-state index in [9.17, 15) is 9.82 Å². The summed E-state index contributed by atoms with van der Waals surface area (Å²) in [7, 11) is -1.21. The van der Waals surface area contributed by atoms with Gasteiger partial charge < -0.3 is 9.44 Å². The van der Waals surface area contributed by atoms with E-state index >= 15 is 0 Å². The van der Waals surface area contributed by atoms with Gasteiger partial charge in [0.1, 0.15) is 0 Å². The SMILES string of the molecule is O=C(NOB(O)c1ccccc1)c1ccco1. The summed E-state index contributed by atoms with van der Waals surface area (Å²) in [5.74, 6) is -0.435. The first-order valence-corrected chi connectivity index (χ1v) is 5.00. The molecule has 1 aromatic carbocycles. The third-order valence-corrected chi connectivity index (χ3v) is 2.09. The molecule has 0 radical (unpaired) electrons. The van der Waals surface area contributed by atoms with Crippen LogP contribution in [0, 0.1) is 0 Å². The van der Waals surface area contributed by atoms with E-state index in [4.69, 9.17) is 9.17 Å². The number of rotatable bonds is 4. The number of nitrogens with one attached hydrogen (secondary N) is 1. The Hall–Kier alpha value is -2.05. The minimum atomic E-state index is -1.21. The van der Waals surface area contributed by atoms with Crippen LogP contribution in [-0.4, -0.2) is 18.0 Å². The van der Waals surface area contributed by atoms with E-state index in [0.717, 1.165) is 0 Å². The number of carbonyl (C=O) groups excluding carboxylic acids is 1. The van der Waals surface area contributed by atoms with Gasteiger partial charge >= 0.3 is 13.0 Å². The Balaban J connectivity index is 1.89. The quantitative estimate of drug-likeness (QED) is 0.587. The number of furan rings is 1. The van der Waals surface area contributed by atoms with Crippen molar-refractivity contribution in [1.29, 1.82) is 0 Å². The highest BCUT2D eigenvalue weighted by Gasteiger charge is 2.18. The second-order valence-corrected chi connectivity index (χ2v) is 3.29. The lowest BCUT2D eigenvalue weighted by Crippen LogP contribution is -2.40. The van der Waals surface area contributed by atoms with Crippen molar-refractivity contribution >= 4 is 18.5 Å². The minimum absolute atomic E-state index is 0.116. The molecule has 2 N–H and O–H groups in total. The van der Waals surface area contributed by atoms with Crippen molar-refractivity contribution in [1.82, 2.24) is 5.48 Å². The highest BCUT2D eigenvalue weighted by molar-refractivity contribution is 6.59. The molecule has 2 rings (SSSR count). The zero-order valence-electron chi connectivity index (χ0n) is 8.87. The van der Waals surface area contributed by atoms with E-state index in [0.29, 0.717) is 5.46 Å². The van der Waals surface area contributed by atoms with Crippen LogP contribution in [0.25, 0.3) is 0 Å². The molecule has 86 valence electrons. The molecule has 0 spiro atoms. The molecule has 6 heteroatoms. The van der Waals surface area contributed by atoms with Crippen LogP contribution in [0.1, 0.15) is 10.6 Å². The molecule has 1 aromatic heterocycles. The van der Waals surface area contributed by atoms with E-state index in [1.54, 1.807) is 30.3 Å². The van der Waals surface area contributed by atoms with Gasteiger partial charge in [0.2, 0.25) is 0 Å². The van der Waals surface area contributed by atoms with Crippen LogP contribution in [0.3, 0.4) is 0 Å². The van der Waals surface area contributed by atoms with Crippen molar-refractivity contribution in [3.63, 3.8) is 0 Å². The second-order valence-electron chi connectivity index (χ2n) is 3.29. The largest absolute Gasteiger partial charge is 0.514 e. The Morgan fingerprint density at radius 3 is 2.65 bits per heavy atom. The molecular weight excluding hydrogens is 221 g/mol. The average molecular weight is 231 g/mol. The molecule has 5 nitrogen and oxygen atoms in total. The van der Waals surface area contributed by atoms with E-state index in [1.165, 1.54) is 12.3 Å². The summed E-state index contributed by atoms with van der Waals surface area (Å²) in [6, 6.07) is 11.8. The summed E-state index contributed by atoms with van der Waals surface area (Å²) in [5, 5.41) is 9.60. The van der Waals surface area contributed by atoms with E-state index in [1.807, 2.05) is 6.07 Å². The first-order valence-electron chi connectivity index (χ1n) is 5.00. The van der Waals surface area contributed by atoms with Crippen molar-refractivity contribution in [2.75, 3.05) is 0 Å². The summed E-state index contributed by atoms with van der Waals surface area (Å²) in [6.07, 6.45) is 1.38. The lowest BCUT2D eigenvalue weighted by Gasteiger charge is -2.07. The molecule has 17 heavy (non-hydrogen) atoms. The molecule has 0 bridgehead atoms. The van der Waals surface area contributed by atoms with E-state index in [2.05, 4.69) is 5.48 Å². The number of hydroxylamine groups is 1. The summed E-state index contributed by atoms with van der Waals surface area (Å²) in [6.45, 7) is 0. The number of amides is 1. The van der Waals surface area contributed by atoms with Gasteiger partial charge in [-0.25, -0.2) is 5.48 Å². The molecule has 0 atom stereocenters. The highest BCUT2D eigenvalue weighted by Crippen LogP contribution is 1.99. The third kappa shape index (κ3) is 2.96. The van der Waals surface area contributed by atoms with E-state index in [-0.39, 0.29) is 5.76 Å².